The molecule has 0 unspecified atom stereocenters. The van der Waals surface area contributed by atoms with Crippen molar-refractivity contribution in [2.24, 2.45) is 0 Å². The van der Waals surface area contributed by atoms with Crippen LogP contribution < -0.4 is 20.5 Å². The summed E-state index contributed by atoms with van der Waals surface area (Å²) in [6, 6.07) is 2.42. The molecule has 218 valence electrons. The second kappa shape index (κ2) is 11.1. The number of carbonyl (C=O) groups excluding carboxylic acids is 1. The van der Waals surface area contributed by atoms with Crippen molar-refractivity contribution in [1.29, 1.82) is 0 Å². The average Bonchev–Trinajstić information content (AvgIpc) is 3.19. The summed E-state index contributed by atoms with van der Waals surface area (Å²) in [7, 11) is 1.24. The van der Waals surface area contributed by atoms with E-state index in [1.54, 1.807) is 6.92 Å². The van der Waals surface area contributed by atoms with E-state index in [2.05, 4.69) is 15.4 Å². The summed E-state index contributed by atoms with van der Waals surface area (Å²) in [5.41, 5.74) is -2.61. The molecule has 1 amide bonds. The van der Waals surface area contributed by atoms with Gasteiger partial charge in [-0.1, -0.05) is 0 Å². The van der Waals surface area contributed by atoms with Crippen molar-refractivity contribution in [2.75, 3.05) is 12.4 Å². The van der Waals surface area contributed by atoms with E-state index < -0.39 is 71.3 Å². The molecule has 2 atom stereocenters. The Morgan fingerprint density at radius 2 is 1.82 bits per heavy atom. The molecule has 0 saturated heterocycles. The Bertz CT molecular complexity index is 1470. The largest absolute Gasteiger partial charge is 0.480 e. The molecule has 2 N–H and O–H groups in total. The first-order chi connectivity index (χ1) is 18.5. The summed E-state index contributed by atoms with van der Waals surface area (Å²) >= 11 is 0. The van der Waals surface area contributed by atoms with Crippen LogP contribution >= 0.6 is 0 Å². The minimum absolute atomic E-state index is 0.0120. The zero-order valence-corrected chi connectivity index (χ0v) is 21.2. The third kappa shape index (κ3) is 6.03. The van der Waals surface area contributed by atoms with E-state index in [9.17, 15) is 41.0 Å². The molecule has 0 aliphatic carbocycles. The molecule has 3 rings (SSSR count). The van der Waals surface area contributed by atoms with Gasteiger partial charge in [-0.05, 0) is 38.5 Å². The van der Waals surface area contributed by atoms with Gasteiger partial charge in [0.2, 0.25) is 12.0 Å². The van der Waals surface area contributed by atoms with Crippen LogP contribution in [-0.2, 0) is 6.54 Å². The number of amides is 1. The maximum Gasteiger partial charge on any atom is 0.425 e. The fourth-order valence-electron chi connectivity index (χ4n) is 3.47. The zero-order chi connectivity index (χ0) is 30.2. The Morgan fingerprint density at radius 3 is 2.38 bits per heavy atom. The van der Waals surface area contributed by atoms with E-state index in [1.807, 2.05) is 0 Å². The molecule has 2 heterocycles. The van der Waals surface area contributed by atoms with Gasteiger partial charge in [-0.25, -0.2) is 14.2 Å². The van der Waals surface area contributed by atoms with Crippen molar-refractivity contribution in [1.82, 2.24) is 19.3 Å². The molecule has 0 aliphatic heterocycles. The number of aryl methyl sites for hydroxylation is 1. The van der Waals surface area contributed by atoms with Crippen molar-refractivity contribution in [3.05, 3.63) is 57.6 Å². The van der Waals surface area contributed by atoms with Crippen LogP contribution in [0, 0.1) is 12.7 Å². The average molecular weight is 581 g/mol. The summed E-state index contributed by atoms with van der Waals surface area (Å²) in [6.45, 7) is 2.97. The number of nitrogens with zero attached hydrogens (tertiary/aromatic N) is 4. The van der Waals surface area contributed by atoms with E-state index >= 15 is 4.39 Å². The van der Waals surface area contributed by atoms with Crippen LogP contribution in [-0.4, -0.2) is 55.9 Å². The lowest BCUT2D eigenvalue weighted by molar-refractivity contribution is -0.210. The third-order valence-electron chi connectivity index (χ3n) is 5.60. The highest BCUT2D eigenvalue weighted by molar-refractivity contribution is 6.07. The number of anilines is 1. The van der Waals surface area contributed by atoms with Gasteiger partial charge in [-0.2, -0.15) is 31.0 Å². The number of methoxy groups -OCH3 is 1. The van der Waals surface area contributed by atoms with Crippen molar-refractivity contribution in [2.45, 2.75) is 51.9 Å². The Morgan fingerprint density at radius 1 is 1.18 bits per heavy atom. The SMILES string of the molecule is CCn1c([C@H](O)C(F)(F)F)nn(-c2cc(O[C@@H](C)C(F)(F)F)c(C(=O)Nc3c(C)ccnc3OC)cc2F)c1=O. The van der Waals surface area contributed by atoms with Crippen LogP contribution in [0.15, 0.2) is 29.2 Å². The van der Waals surface area contributed by atoms with Gasteiger partial charge in [0, 0.05) is 18.8 Å². The topological polar surface area (TPSA) is 120 Å². The molecule has 2 aromatic heterocycles. The van der Waals surface area contributed by atoms with Gasteiger partial charge in [-0.3, -0.25) is 9.36 Å². The number of aliphatic hydroxyl groups excluding tert-OH is 1. The Labute approximate surface area is 221 Å². The van der Waals surface area contributed by atoms with E-state index in [0.717, 1.165) is 0 Å². The summed E-state index contributed by atoms with van der Waals surface area (Å²) in [6.07, 6.45) is -14.6. The number of rotatable bonds is 8. The van der Waals surface area contributed by atoms with Gasteiger partial charge in [0.25, 0.3) is 5.91 Å². The molecule has 10 nitrogen and oxygen atoms in total. The summed E-state index contributed by atoms with van der Waals surface area (Å²) in [4.78, 5) is 29.8. The Balaban J connectivity index is 2.20. The highest BCUT2D eigenvalue weighted by Gasteiger charge is 2.44. The molecular weight excluding hydrogens is 559 g/mol. The number of pyridine rings is 1. The predicted octanol–water partition coefficient (Wildman–Crippen LogP) is 4.08. The number of alkyl halides is 6. The second-order valence-electron chi connectivity index (χ2n) is 8.31. The van der Waals surface area contributed by atoms with Crippen LogP contribution in [0.1, 0.15) is 41.7 Å². The fraction of sp³-hybridized carbons (Fsp3) is 0.391. The number of halogens is 7. The number of ether oxygens (including phenoxy) is 2. The highest BCUT2D eigenvalue weighted by atomic mass is 19.4. The van der Waals surface area contributed by atoms with E-state index in [0.29, 0.717) is 29.2 Å². The van der Waals surface area contributed by atoms with Crippen LogP contribution in [0.2, 0.25) is 0 Å². The fourth-order valence-corrected chi connectivity index (χ4v) is 3.47. The normalized spacial score (nSPS) is 13.6. The molecule has 0 spiro atoms. The zero-order valence-electron chi connectivity index (χ0n) is 21.2. The second-order valence-corrected chi connectivity index (χ2v) is 8.31. The van der Waals surface area contributed by atoms with E-state index in [4.69, 9.17) is 9.47 Å². The van der Waals surface area contributed by atoms with Gasteiger partial charge in [0.05, 0.1) is 12.7 Å². The number of benzene rings is 1. The first-order valence-electron chi connectivity index (χ1n) is 11.3. The number of carbonyl (C=O) groups is 1. The van der Waals surface area contributed by atoms with Crippen LogP contribution in [0.25, 0.3) is 5.69 Å². The van der Waals surface area contributed by atoms with Gasteiger partial charge in [0.15, 0.2) is 11.9 Å². The lowest BCUT2D eigenvalue weighted by atomic mass is 10.1. The molecule has 17 heteroatoms. The molecule has 0 saturated carbocycles. The minimum Gasteiger partial charge on any atom is -0.480 e. The van der Waals surface area contributed by atoms with Crippen molar-refractivity contribution in [3.8, 4) is 17.3 Å². The molecule has 0 aliphatic rings. The maximum atomic E-state index is 15.3. The Kier molecular flexibility index (Phi) is 8.47. The summed E-state index contributed by atoms with van der Waals surface area (Å²) in [5, 5.41) is 15.4. The van der Waals surface area contributed by atoms with Gasteiger partial charge in [-0.15, -0.1) is 5.10 Å². The van der Waals surface area contributed by atoms with Crippen molar-refractivity contribution < 1.29 is 50.1 Å². The first kappa shape index (κ1) is 30.4. The van der Waals surface area contributed by atoms with Crippen LogP contribution in [0.3, 0.4) is 0 Å². The van der Waals surface area contributed by atoms with Crippen LogP contribution in [0.4, 0.5) is 36.4 Å². The monoisotopic (exact) mass is 581 g/mol. The number of nitrogens with one attached hydrogen (secondary N) is 1. The number of aromatic nitrogens is 4. The minimum atomic E-state index is -5.25. The Hall–Kier alpha value is -4.15. The smallest absolute Gasteiger partial charge is 0.425 e. The van der Waals surface area contributed by atoms with Crippen molar-refractivity contribution >= 4 is 11.6 Å². The number of hydrogen-bond donors (Lipinski definition) is 2. The first-order valence-corrected chi connectivity index (χ1v) is 11.3. The predicted molar refractivity (Wildman–Crippen MR) is 124 cm³/mol. The molecule has 1 aromatic carbocycles. The highest BCUT2D eigenvalue weighted by Crippen LogP contribution is 2.34. The molecular formula is C23H22F7N5O5. The number of aliphatic hydroxyl groups is 1. The van der Waals surface area contributed by atoms with Gasteiger partial charge in [0.1, 0.15) is 22.9 Å². The van der Waals surface area contributed by atoms with E-state index in [1.165, 1.54) is 26.3 Å². The molecule has 40 heavy (non-hydrogen) atoms. The van der Waals surface area contributed by atoms with Gasteiger partial charge >= 0.3 is 18.0 Å². The number of hydrogen-bond acceptors (Lipinski definition) is 7. The maximum absolute atomic E-state index is 15.3. The van der Waals surface area contributed by atoms with Crippen molar-refractivity contribution in [3.63, 3.8) is 0 Å². The summed E-state index contributed by atoms with van der Waals surface area (Å²) < 4.78 is 105. The molecule has 0 fully saturated rings. The lowest BCUT2D eigenvalue weighted by Gasteiger charge is -2.21. The molecule has 0 bridgehead atoms. The lowest BCUT2D eigenvalue weighted by Crippen LogP contribution is -2.32. The summed E-state index contributed by atoms with van der Waals surface area (Å²) in [5.74, 6) is -4.72. The third-order valence-corrected chi connectivity index (χ3v) is 5.60. The molecule has 3 aromatic rings. The quantitative estimate of drug-likeness (QED) is 0.385. The van der Waals surface area contributed by atoms with Gasteiger partial charge < -0.3 is 19.9 Å². The molecule has 0 radical (unpaired) electrons. The standard InChI is InChI=1S/C23H22F7N5O5/c1-5-34-18(17(36)23(28,29)30)33-35(21(34)38)14-9-15(40-11(3)22(25,26)27)12(8-13(14)24)19(37)32-16-10(2)6-7-31-20(16)39-4/h6-9,11,17,36H,5H2,1-4H3,(H,32,37)/t11-,17-/m0/s1. The van der Waals surface area contributed by atoms with Crippen LogP contribution in [0.5, 0.6) is 11.6 Å². The van der Waals surface area contributed by atoms with E-state index in [-0.39, 0.29) is 16.2 Å².